The van der Waals surface area contributed by atoms with Crippen molar-refractivity contribution in [2.75, 3.05) is 5.32 Å². The minimum atomic E-state index is -2.71. The van der Waals surface area contributed by atoms with Crippen molar-refractivity contribution in [2.45, 2.75) is 13.3 Å². The first kappa shape index (κ1) is 16.9. The summed E-state index contributed by atoms with van der Waals surface area (Å²) in [6.07, 6.45) is -1.21. The molecule has 0 bridgehead atoms. The summed E-state index contributed by atoms with van der Waals surface area (Å²) in [5.74, 6) is -0.574. The number of hydrogen-bond donors (Lipinski definition) is 3. The van der Waals surface area contributed by atoms with Gasteiger partial charge in [-0.1, -0.05) is 30.3 Å². The van der Waals surface area contributed by atoms with E-state index in [0.29, 0.717) is 11.3 Å². The largest absolute Gasteiger partial charge is 0.339 e. The highest BCUT2D eigenvalue weighted by molar-refractivity contribution is 6.04. The normalized spacial score (nSPS) is 11.3. The van der Waals surface area contributed by atoms with Gasteiger partial charge in [-0.3, -0.25) is 9.89 Å². The molecular weight excluding hydrogens is 352 g/mol. The number of amides is 1. The Hall–Kier alpha value is -3.55. The fourth-order valence-corrected chi connectivity index (χ4v) is 2.89. The zero-order valence-electron chi connectivity index (χ0n) is 14.3. The Morgan fingerprint density at radius 2 is 1.96 bits per heavy atom. The van der Waals surface area contributed by atoms with Gasteiger partial charge >= 0.3 is 0 Å². The maximum absolute atomic E-state index is 12.8. The number of aromatic nitrogens is 4. The quantitative estimate of drug-likeness (QED) is 0.498. The van der Waals surface area contributed by atoms with E-state index in [1.165, 1.54) is 13.1 Å². The zero-order chi connectivity index (χ0) is 19.0. The minimum absolute atomic E-state index is 0.0653. The molecule has 0 aliphatic carbocycles. The van der Waals surface area contributed by atoms with Crippen LogP contribution in [0.3, 0.4) is 0 Å². The molecule has 0 aliphatic heterocycles. The Morgan fingerprint density at radius 3 is 2.67 bits per heavy atom. The average Bonchev–Trinajstić information content (AvgIpc) is 3.25. The van der Waals surface area contributed by atoms with Crippen LogP contribution in [0.2, 0.25) is 0 Å². The van der Waals surface area contributed by atoms with Crippen LogP contribution in [0.15, 0.2) is 48.7 Å². The molecule has 136 valence electrons. The van der Waals surface area contributed by atoms with Crippen LogP contribution in [0.4, 0.5) is 14.5 Å². The fourth-order valence-electron chi connectivity index (χ4n) is 2.89. The first-order valence-electron chi connectivity index (χ1n) is 8.21. The first-order valence-corrected chi connectivity index (χ1v) is 8.21. The summed E-state index contributed by atoms with van der Waals surface area (Å²) >= 11 is 0. The number of rotatable bonds is 4. The molecule has 0 spiro atoms. The van der Waals surface area contributed by atoms with E-state index >= 15 is 0 Å². The third kappa shape index (κ3) is 3.17. The molecule has 0 saturated heterocycles. The van der Waals surface area contributed by atoms with E-state index in [0.717, 1.165) is 16.6 Å². The number of anilines is 1. The summed E-state index contributed by atoms with van der Waals surface area (Å²) in [4.78, 5) is 19.9. The van der Waals surface area contributed by atoms with Crippen molar-refractivity contribution >= 4 is 22.6 Å². The van der Waals surface area contributed by atoms with Gasteiger partial charge in [-0.05, 0) is 24.6 Å². The highest BCUT2D eigenvalue weighted by atomic mass is 19.3. The van der Waals surface area contributed by atoms with Gasteiger partial charge in [0.1, 0.15) is 11.3 Å². The molecule has 1 aromatic carbocycles. The molecule has 0 radical (unpaired) electrons. The summed E-state index contributed by atoms with van der Waals surface area (Å²) in [6, 6.07) is 13.5. The standard InChI is InChI=1S/C19H15F2N5O/c1-10-15(17(20)21)25-26-16(10)19(27)23-13-7-12-8-14(24-18(12)22-9-13)11-5-3-2-4-6-11/h2-9,17H,1H3,(H,22,24)(H,23,27)(H,25,26). The number of H-pyrrole nitrogens is 2. The van der Waals surface area contributed by atoms with Crippen LogP contribution in [-0.2, 0) is 0 Å². The van der Waals surface area contributed by atoms with E-state index in [-0.39, 0.29) is 17.0 Å². The smallest absolute Gasteiger partial charge is 0.280 e. The van der Waals surface area contributed by atoms with Crippen LogP contribution >= 0.6 is 0 Å². The molecule has 1 amide bonds. The molecule has 0 saturated carbocycles. The Morgan fingerprint density at radius 1 is 1.19 bits per heavy atom. The highest BCUT2D eigenvalue weighted by Gasteiger charge is 2.21. The van der Waals surface area contributed by atoms with Crippen molar-refractivity contribution in [2.24, 2.45) is 0 Å². The van der Waals surface area contributed by atoms with Crippen molar-refractivity contribution in [1.29, 1.82) is 0 Å². The number of aromatic amines is 2. The van der Waals surface area contributed by atoms with Gasteiger partial charge in [-0.2, -0.15) is 5.10 Å². The summed E-state index contributed by atoms with van der Waals surface area (Å²) in [6.45, 7) is 1.43. The molecule has 0 atom stereocenters. The van der Waals surface area contributed by atoms with Crippen LogP contribution < -0.4 is 5.32 Å². The fraction of sp³-hybridized carbons (Fsp3) is 0.105. The van der Waals surface area contributed by atoms with Crippen molar-refractivity contribution in [3.63, 3.8) is 0 Å². The summed E-state index contributed by atoms with van der Waals surface area (Å²) in [5, 5.41) is 9.37. The van der Waals surface area contributed by atoms with Crippen LogP contribution in [0, 0.1) is 6.92 Å². The van der Waals surface area contributed by atoms with Gasteiger partial charge in [-0.15, -0.1) is 0 Å². The van der Waals surface area contributed by atoms with Crippen LogP contribution in [0.1, 0.15) is 28.2 Å². The molecular formula is C19H15F2N5O. The van der Waals surface area contributed by atoms with Gasteiger partial charge in [0, 0.05) is 16.6 Å². The van der Waals surface area contributed by atoms with Crippen LogP contribution in [0.5, 0.6) is 0 Å². The lowest BCUT2D eigenvalue weighted by molar-refractivity contribution is 0.102. The third-order valence-electron chi connectivity index (χ3n) is 4.29. The number of hydrogen-bond acceptors (Lipinski definition) is 3. The molecule has 4 aromatic rings. The maximum atomic E-state index is 12.8. The maximum Gasteiger partial charge on any atom is 0.280 e. The van der Waals surface area contributed by atoms with Crippen molar-refractivity contribution in [3.8, 4) is 11.3 Å². The zero-order valence-corrected chi connectivity index (χ0v) is 14.3. The number of pyridine rings is 1. The van der Waals surface area contributed by atoms with E-state index < -0.39 is 12.3 Å². The molecule has 27 heavy (non-hydrogen) atoms. The van der Waals surface area contributed by atoms with E-state index in [1.807, 2.05) is 36.4 Å². The number of fused-ring (bicyclic) bond motifs is 1. The average molecular weight is 367 g/mol. The van der Waals surface area contributed by atoms with Gasteiger partial charge in [0.2, 0.25) is 0 Å². The second-order valence-electron chi connectivity index (χ2n) is 6.08. The lowest BCUT2D eigenvalue weighted by atomic mass is 10.1. The molecule has 0 aliphatic rings. The van der Waals surface area contributed by atoms with Gasteiger partial charge < -0.3 is 10.3 Å². The Labute approximate surface area is 152 Å². The van der Waals surface area contributed by atoms with Crippen LogP contribution in [-0.4, -0.2) is 26.1 Å². The molecule has 0 fully saturated rings. The summed E-state index contributed by atoms with van der Waals surface area (Å²) < 4.78 is 25.7. The highest BCUT2D eigenvalue weighted by Crippen LogP contribution is 2.26. The number of nitrogens with zero attached hydrogens (tertiary/aromatic N) is 2. The second kappa shape index (κ2) is 6.64. The molecule has 3 heterocycles. The number of carbonyl (C=O) groups excluding carboxylic acids is 1. The number of benzene rings is 1. The van der Waals surface area contributed by atoms with E-state index in [2.05, 4.69) is 25.5 Å². The van der Waals surface area contributed by atoms with E-state index in [1.54, 1.807) is 6.07 Å². The molecule has 6 nitrogen and oxygen atoms in total. The molecule has 8 heteroatoms. The summed E-state index contributed by atoms with van der Waals surface area (Å²) in [7, 11) is 0. The Kier molecular flexibility index (Phi) is 4.15. The Balaban J connectivity index is 1.60. The molecule has 3 aromatic heterocycles. The predicted molar refractivity (Wildman–Crippen MR) is 97.8 cm³/mol. The van der Waals surface area contributed by atoms with Crippen molar-refractivity contribution in [3.05, 3.63) is 65.6 Å². The SMILES string of the molecule is Cc1c(C(=O)Nc2cnc3[nH]c(-c4ccccc4)cc3c2)n[nH]c1C(F)F. The lowest BCUT2D eigenvalue weighted by Crippen LogP contribution is -2.14. The Bertz CT molecular complexity index is 1120. The van der Waals surface area contributed by atoms with Gasteiger partial charge in [-0.25, -0.2) is 13.8 Å². The predicted octanol–water partition coefficient (Wildman–Crippen LogP) is 4.45. The number of alkyl halides is 2. The number of carbonyl (C=O) groups is 1. The number of halogens is 2. The van der Waals surface area contributed by atoms with Gasteiger partial charge in [0.15, 0.2) is 5.69 Å². The minimum Gasteiger partial charge on any atom is -0.339 e. The first-order chi connectivity index (χ1) is 13.0. The lowest BCUT2D eigenvalue weighted by Gasteiger charge is -2.04. The van der Waals surface area contributed by atoms with Gasteiger partial charge in [0.25, 0.3) is 12.3 Å². The van der Waals surface area contributed by atoms with Crippen molar-refractivity contribution < 1.29 is 13.6 Å². The molecule has 4 rings (SSSR count). The second-order valence-corrected chi connectivity index (χ2v) is 6.08. The molecule has 0 unspecified atom stereocenters. The van der Waals surface area contributed by atoms with E-state index in [4.69, 9.17) is 0 Å². The summed E-state index contributed by atoms with van der Waals surface area (Å²) in [5.41, 5.74) is 2.77. The monoisotopic (exact) mass is 367 g/mol. The third-order valence-corrected chi connectivity index (χ3v) is 4.29. The van der Waals surface area contributed by atoms with Crippen LogP contribution in [0.25, 0.3) is 22.3 Å². The van der Waals surface area contributed by atoms with Crippen molar-refractivity contribution in [1.82, 2.24) is 20.2 Å². The molecule has 3 N–H and O–H groups in total. The van der Waals surface area contributed by atoms with Gasteiger partial charge in [0.05, 0.1) is 11.9 Å². The topological polar surface area (TPSA) is 86.5 Å². The number of nitrogens with one attached hydrogen (secondary N) is 3. The van der Waals surface area contributed by atoms with E-state index in [9.17, 15) is 13.6 Å².